The van der Waals surface area contributed by atoms with Gasteiger partial charge in [0.2, 0.25) is 5.91 Å². The average Bonchev–Trinajstić information content (AvgIpc) is 2.28. The fourth-order valence-corrected chi connectivity index (χ4v) is 1.63. The maximum atomic E-state index is 11.0. The minimum absolute atomic E-state index is 0.219. The van der Waals surface area contributed by atoms with Gasteiger partial charge in [0.25, 0.3) is 0 Å². The zero-order valence-corrected chi connectivity index (χ0v) is 9.85. The van der Waals surface area contributed by atoms with Crippen LogP contribution >= 0.6 is 0 Å². The summed E-state index contributed by atoms with van der Waals surface area (Å²) in [5, 5.41) is 9.19. The Morgan fingerprint density at radius 3 is 1.94 bits per heavy atom. The second kappa shape index (κ2) is 5.25. The zero-order chi connectivity index (χ0) is 12.1. The Morgan fingerprint density at radius 2 is 1.62 bits per heavy atom. The van der Waals surface area contributed by atoms with Crippen LogP contribution in [0.1, 0.15) is 5.56 Å². The first-order valence-corrected chi connectivity index (χ1v) is 5.10. The molecule has 0 saturated carbocycles. The van der Waals surface area contributed by atoms with Crippen LogP contribution in [-0.4, -0.2) is 27.1 Å². The van der Waals surface area contributed by atoms with Gasteiger partial charge in [0, 0.05) is 43.8 Å². The number of rotatable bonds is 5. The lowest BCUT2D eigenvalue weighted by Crippen LogP contribution is -2.16. The van der Waals surface area contributed by atoms with Crippen LogP contribution in [0.25, 0.3) is 0 Å². The average molecular weight is 222 g/mol. The predicted octanol–water partition coefficient (Wildman–Crippen LogP) is 0.839. The number of hydrogen-bond acceptors (Lipinski definition) is 4. The van der Waals surface area contributed by atoms with E-state index in [1.54, 1.807) is 0 Å². The first-order chi connectivity index (χ1) is 7.62. The summed E-state index contributed by atoms with van der Waals surface area (Å²) in [6.07, 6.45) is 0.219. The molecule has 0 atom stereocenters. The molecule has 88 valence electrons. The van der Waals surface area contributed by atoms with Crippen LogP contribution in [-0.2, 0) is 11.2 Å². The zero-order valence-electron chi connectivity index (χ0n) is 9.85. The van der Waals surface area contributed by atoms with Crippen LogP contribution in [0.3, 0.4) is 0 Å². The molecule has 16 heavy (non-hydrogen) atoms. The fourth-order valence-electron chi connectivity index (χ4n) is 1.63. The SMILES string of the molecule is CNc1cc(NC)c(CC(N)=O)c(NC)c1. The fraction of sp³-hybridized carbons (Fsp3) is 0.364. The van der Waals surface area contributed by atoms with E-state index < -0.39 is 0 Å². The molecule has 0 aliphatic carbocycles. The highest BCUT2D eigenvalue weighted by Crippen LogP contribution is 2.29. The summed E-state index contributed by atoms with van der Waals surface area (Å²) in [7, 11) is 5.49. The van der Waals surface area contributed by atoms with Crippen molar-refractivity contribution in [1.82, 2.24) is 0 Å². The molecule has 0 unspecified atom stereocenters. The summed E-state index contributed by atoms with van der Waals surface area (Å²) in [4.78, 5) is 11.0. The van der Waals surface area contributed by atoms with E-state index >= 15 is 0 Å². The van der Waals surface area contributed by atoms with E-state index in [9.17, 15) is 4.79 Å². The number of nitrogens with two attached hydrogens (primary N) is 1. The van der Waals surface area contributed by atoms with E-state index in [1.807, 2.05) is 33.3 Å². The number of carbonyl (C=O) groups excluding carboxylic acids is 1. The molecule has 1 amide bonds. The third-order valence-corrected chi connectivity index (χ3v) is 2.43. The second-order valence-corrected chi connectivity index (χ2v) is 3.44. The van der Waals surface area contributed by atoms with Crippen molar-refractivity contribution in [1.29, 1.82) is 0 Å². The molecule has 0 heterocycles. The molecule has 0 spiro atoms. The summed E-state index contributed by atoms with van der Waals surface area (Å²) in [5.74, 6) is -0.342. The quantitative estimate of drug-likeness (QED) is 0.595. The second-order valence-electron chi connectivity index (χ2n) is 3.44. The van der Waals surface area contributed by atoms with Crippen LogP contribution in [0.5, 0.6) is 0 Å². The van der Waals surface area contributed by atoms with Crippen molar-refractivity contribution in [3.05, 3.63) is 17.7 Å². The van der Waals surface area contributed by atoms with E-state index in [0.29, 0.717) is 0 Å². The Bertz CT molecular complexity index is 365. The van der Waals surface area contributed by atoms with Crippen LogP contribution in [0.15, 0.2) is 12.1 Å². The van der Waals surface area contributed by atoms with Gasteiger partial charge in [-0.15, -0.1) is 0 Å². The topological polar surface area (TPSA) is 79.2 Å². The maximum Gasteiger partial charge on any atom is 0.222 e. The van der Waals surface area contributed by atoms with E-state index in [1.165, 1.54) is 0 Å². The molecule has 5 heteroatoms. The van der Waals surface area contributed by atoms with Gasteiger partial charge in [0.1, 0.15) is 0 Å². The van der Waals surface area contributed by atoms with Gasteiger partial charge in [-0.05, 0) is 12.1 Å². The standard InChI is InChI=1S/C11H18N4O/c1-13-7-4-9(14-2)8(6-11(12)16)10(5-7)15-3/h4-5,13-15H,6H2,1-3H3,(H2,12,16). The molecule has 0 radical (unpaired) electrons. The molecule has 0 bridgehead atoms. The van der Waals surface area contributed by atoms with Gasteiger partial charge in [-0.1, -0.05) is 0 Å². The minimum Gasteiger partial charge on any atom is -0.388 e. The minimum atomic E-state index is -0.342. The number of carbonyl (C=O) groups is 1. The van der Waals surface area contributed by atoms with Gasteiger partial charge < -0.3 is 21.7 Å². The van der Waals surface area contributed by atoms with Gasteiger partial charge in [-0.2, -0.15) is 0 Å². The summed E-state index contributed by atoms with van der Waals surface area (Å²) in [6.45, 7) is 0. The van der Waals surface area contributed by atoms with E-state index in [2.05, 4.69) is 16.0 Å². The van der Waals surface area contributed by atoms with Crippen molar-refractivity contribution in [2.45, 2.75) is 6.42 Å². The maximum absolute atomic E-state index is 11.0. The molecule has 1 aromatic rings. The molecule has 0 aliphatic rings. The van der Waals surface area contributed by atoms with Crippen molar-refractivity contribution >= 4 is 23.0 Å². The summed E-state index contributed by atoms with van der Waals surface area (Å²) < 4.78 is 0. The number of benzene rings is 1. The molecule has 0 saturated heterocycles. The Balaban J connectivity index is 3.25. The first kappa shape index (κ1) is 12.2. The van der Waals surface area contributed by atoms with Crippen molar-refractivity contribution in [2.24, 2.45) is 5.73 Å². The van der Waals surface area contributed by atoms with Crippen LogP contribution in [0.4, 0.5) is 17.1 Å². The Kier molecular flexibility index (Phi) is 3.99. The number of nitrogens with one attached hydrogen (secondary N) is 3. The van der Waals surface area contributed by atoms with Gasteiger partial charge >= 0.3 is 0 Å². The van der Waals surface area contributed by atoms with Crippen molar-refractivity contribution < 1.29 is 4.79 Å². The molecular formula is C11H18N4O. The molecule has 0 aliphatic heterocycles. The molecule has 0 aromatic heterocycles. The van der Waals surface area contributed by atoms with Crippen LogP contribution in [0, 0.1) is 0 Å². The summed E-state index contributed by atoms with van der Waals surface area (Å²) in [6, 6.07) is 3.89. The predicted molar refractivity (Wildman–Crippen MR) is 68.0 cm³/mol. The molecular weight excluding hydrogens is 204 g/mol. The molecule has 0 fully saturated rings. The van der Waals surface area contributed by atoms with E-state index in [0.717, 1.165) is 22.6 Å². The van der Waals surface area contributed by atoms with Crippen molar-refractivity contribution in [3.8, 4) is 0 Å². The first-order valence-electron chi connectivity index (χ1n) is 5.10. The van der Waals surface area contributed by atoms with Gasteiger partial charge in [0.05, 0.1) is 6.42 Å². The highest BCUT2D eigenvalue weighted by Gasteiger charge is 2.11. The molecule has 5 N–H and O–H groups in total. The van der Waals surface area contributed by atoms with Crippen molar-refractivity contribution in [2.75, 3.05) is 37.1 Å². The van der Waals surface area contributed by atoms with Crippen LogP contribution < -0.4 is 21.7 Å². The summed E-state index contributed by atoms with van der Waals surface area (Å²) >= 11 is 0. The number of amides is 1. The van der Waals surface area contributed by atoms with Crippen molar-refractivity contribution in [3.63, 3.8) is 0 Å². The van der Waals surface area contributed by atoms with Crippen LogP contribution in [0.2, 0.25) is 0 Å². The number of primary amides is 1. The monoisotopic (exact) mass is 222 g/mol. The Labute approximate surface area is 95.4 Å². The smallest absolute Gasteiger partial charge is 0.222 e. The van der Waals surface area contributed by atoms with Gasteiger partial charge in [0.15, 0.2) is 0 Å². The summed E-state index contributed by atoms with van der Waals surface area (Å²) in [5.41, 5.74) is 8.89. The molecule has 1 rings (SSSR count). The Morgan fingerprint density at radius 1 is 1.12 bits per heavy atom. The third kappa shape index (κ3) is 2.56. The molecule has 5 nitrogen and oxygen atoms in total. The van der Waals surface area contributed by atoms with Gasteiger partial charge in [-0.3, -0.25) is 4.79 Å². The lowest BCUT2D eigenvalue weighted by molar-refractivity contribution is -0.117. The number of hydrogen-bond donors (Lipinski definition) is 4. The molecule has 1 aromatic carbocycles. The number of anilines is 3. The lowest BCUT2D eigenvalue weighted by atomic mass is 10.1. The van der Waals surface area contributed by atoms with E-state index in [-0.39, 0.29) is 12.3 Å². The Hall–Kier alpha value is -1.91. The lowest BCUT2D eigenvalue weighted by Gasteiger charge is -2.15. The normalized spacial score (nSPS) is 9.69. The third-order valence-electron chi connectivity index (χ3n) is 2.43. The highest BCUT2D eigenvalue weighted by atomic mass is 16.1. The van der Waals surface area contributed by atoms with E-state index in [4.69, 9.17) is 5.73 Å². The van der Waals surface area contributed by atoms with Gasteiger partial charge in [-0.25, -0.2) is 0 Å². The highest BCUT2D eigenvalue weighted by molar-refractivity contribution is 5.84. The largest absolute Gasteiger partial charge is 0.388 e.